The lowest BCUT2D eigenvalue weighted by Crippen LogP contribution is -2.33. The Kier molecular flexibility index (Phi) is 5.61. The van der Waals surface area contributed by atoms with Crippen molar-refractivity contribution in [2.24, 2.45) is 0 Å². The number of anilines is 1. The second kappa shape index (κ2) is 7.66. The number of furan rings is 1. The minimum atomic E-state index is -0.0304. The molecule has 1 aromatic heterocycles. The fourth-order valence-corrected chi connectivity index (χ4v) is 2.14. The normalized spacial score (nSPS) is 10.5. The van der Waals surface area contributed by atoms with Crippen molar-refractivity contribution < 1.29 is 13.9 Å². The maximum atomic E-state index is 12.8. The largest absolute Gasteiger partial charge is 0.467 e. The van der Waals surface area contributed by atoms with Crippen LogP contribution < -0.4 is 4.90 Å². The highest BCUT2D eigenvalue weighted by molar-refractivity contribution is 5.95. The van der Waals surface area contributed by atoms with E-state index in [1.807, 2.05) is 55.4 Å². The number of nitrogens with zero attached hydrogens (tertiary/aromatic N) is 2. The monoisotopic (exact) mass is 302 g/mol. The number of methoxy groups -OCH3 is 1. The van der Waals surface area contributed by atoms with Gasteiger partial charge >= 0.3 is 0 Å². The van der Waals surface area contributed by atoms with E-state index < -0.39 is 0 Å². The molecular formula is C17H22N2O3. The van der Waals surface area contributed by atoms with Gasteiger partial charge in [-0.2, -0.15) is 0 Å². The van der Waals surface area contributed by atoms with Gasteiger partial charge in [-0.3, -0.25) is 4.79 Å². The van der Waals surface area contributed by atoms with Crippen LogP contribution in [-0.2, 0) is 11.3 Å². The van der Waals surface area contributed by atoms with E-state index in [9.17, 15) is 4.79 Å². The number of hydrogen-bond donors (Lipinski definition) is 0. The number of rotatable bonds is 7. The maximum absolute atomic E-state index is 12.8. The topological polar surface area (TPSA) is 45.9 Å². The smallest absolute Gasteiger partial charge is 0.254 e. The quantitative estimate of drug-likeness (QED) is 0.789. The van der Waals surface area contributed by atoms with Gasteiger partial charge in [0.05, 0.1) is 19.4 Å². The number of amides is 1. The lowest BCUT2D eigenvalue weighted by Gasteiger charge is -2.22. The highest BCUT2D eigenvalue weighted by atomic mass is 16.5. The number of hydrogen-bond acceptors (Lipinski definition) is 4. The van der Waals surface area contributed by atoms with Crippen LogP contribution in [0.25, 0.3) is 0 Å². The summed E-state index contributed by atoms with van der Waals surface area (Å²) in [6, 6.07) is 11.3. The Bertz CT molecular complexity index is 594. The summed E-state index contributed by atoms with van der Waals surface area (Å²) in [7, 11) is 5.53. The van der Waals surface area contributed by atoms with Crippen LogP contribution in [0, 0.1) is 0 Å². The van der Waals surface area contributed by atoms with E-state index in [1.54, 1.807) is 18.3 Å². The Morgan fingerprint density at radius 2 is 2.05 bits per heavy atom. The van der Waals surface area contributed by atoms with E-state index in [0.717, 1.165) is 11.4 Å². The first-order valence-corrected chi connectivity index (χ1v) is 7.20. The van der Waals surface area contributed by atoms with E-state index >= 15 is 0 Å². The number of benzene rings is 1. The summed E-state index contributed by atoms with van der Waals surface area (Å²) in [5, 5.41) is 0. The number of carbonyl (C=O) groups excluding carboxylic acids is 1. The zero-order valence-corrected chi connectivity index (χ0v) is 13.3. The Hall–Kier alpha value is -2.27. The van der Waals surface area contributed by atoms with Gasteiger partial charge in [0.1, 0.15) is 5.76 Å². The molecule has 22 heavy (non-hydrogen) atoms. The average Bonchev–Trinajstić information content (AvgIpc) is 3.04. The van der Waals surface area contributed by atoms with E-state index in [0.29, 0.717) is 25.3 Å². The van der Waals surface area contributed by atoms with Crippen molar-refractivity contribution in [3.63, 3.8) is 0 Å². The van der Waals surface area contributed by atoms with Gasteiger partial charge in [0.25, 0.3) is 5.91 Å². The van der Waals surface area contributed by atoms with E-state index in [-0.39, 0.29) is 5.91 Å². The molecule has 0 aliphatic rings. The van der Waals surface area contributed by atoms with Gasteiger partial charge in [0, 0.05) is 39.0 Å². The first-order valence-electron chi connectivity index (χ1n) is 7.20. The maximum Gasteiger partial charge on any atom is 0.254 e. The first-order chi connectivity index (χ1) is 10.6. The third-order valence-electron chi connectivity index (χ3n) is 3.39. The van der Waals surface area contributed by atoms with Gasteiger partial charge in [0.2, 0.25) is 0 Å². The van der Waals surface area contributed by atoms with Gasteiger partial charge in [0.15, 0.2) is 0 Å². The van der Waals surface area contributed by atoms with Crippen molar-refractivity contribution in [1.29, 1.82) is 0 Å². The first kappa shape index (κ1) is 16.1. The minimum Gasteiger partial charge on any atom is -0.467 e. The van der Waals surface area contributed by atoms with E-state index in [2.05, 4.69) is 0 Å². The molecule has 0 fully saturated rings. The molecule has 5 heteroatoms. The highest BCUT2D eigenvalue weighted by Gasteiger charge is 2.17. The lowest BCUT2D eigenvalue weighted by molar-refractivity contribution is 0.0666. The summed E-state index contributed by atoms with van der Waals surface area (Å²) in [5.41, 5.74) is 1.66. The number of carbonyl (C=O) groups is 1. The molecule has 0 N–H and O–H groups in total. The second-order valence-corrected chi connectivity index (χ2v) is 5.24. The Morgan fingerprint density at radius 3 is 2.68 bits per heavy atom. The predicted molar refractivity (Wildman–Crippen MR) is 86.1 cm³/mol. The van der Waals surface area contributed by atoms with Crippen LogP contribution in [0.3, 0.4) is 0 Å². The second-order valence-electron chi connectivity index (χ2n) is 5.24. The van der Waals surface area contributed by atoms with Crippen LogP contribution in [0.1, 0.15) is 16.1 Å². The Labute approximate surface area is 131 Å². The highest BCUT2D eigenvalue weighted by Crippen LogP contribution is 2.16. The Balaban J connectivity index is 2.18. The van der Waals surface area contributed by atoms with Gasteiger partial charge < -0.3 is 19.0 Å². The number of ether oxygens (including phenoxy) is 1. The van der Waals surface area contributed by atoms with Crippen molar-refractivity contribution in [3.05, 3.63) is 54.0 Å². The molecule has 1 amide bonds. The van der Waals surface area contributed by atoms with Crippen molar-refractivity contribution in [2.45, 2.75) is 6.54 Å². The molecule has 0 aliphatic carbocycles. The zero-order chi connectivity index (χ0) is 15.9. The van der Waals surface area contributed by atoms with Gasteiger partial charge in [-0.1, -0.05) is 6.07 Å². The molecule has 0 bridgehead atoms. The van der Waals surface area contributed by atoms with E-state index in [4.69, 9.17) is 9.15 Å². The molecule has 118 valence electrons. The minimum absolute atomic E-state index is 0.0304. The van der Waals surface area contributed by atoms with Crippen molar-refractivity contribution in [1.82, 2.24) is 4.90 Å². The molecule has 0 radical (unpaired) electrons. The molecule has 0 atom stereocenters. The van der Waals surface area contributed by atoms with Gasteiger partial charge in [-0.05, 0) is 30.3 Å². The van der Waals surface area contributed by atoms with Crippen LogP contribution in [-0.4, -0.2) is 45.2 Å². The summed E-state index contributed by atoms with van der Waals surface area (Å²) in [6.45, 7) is 1.43. The summed E-state index contributed by atoms with van der Waals surface area (Å²) < 4.78 is 10.5. The summed E-state index contributed by atoms with van der Waals surface area (Å²) in [4.78, 5) is 16.5. The van der Waals surface area contributed by atoms with Crippen molar-refractivity contribution in [2.75, 3.05) is 39.3 Å². The summed E-state index contributed by atoms with van der Waals surface area (Å²) >= 11 is 0. The van der Waals surface area contributed by atoms with Gasteiger partial charge in [-0.25, -0.2) is 0 Å². The van der Waals surface area contributed by atoms with Crippen molar-refractivity contribution in [3.8, 4) is 0 Å². The summed E-state index contributed by atoms with van der Waals surface area (Å²) in [6.07, 6.45) is 1.61. The standard InChI is InChI=1S/C17H22N2O3/c1-18(2)15-7-4-6-14(12-15)17(20)19(9-11-21-3)13-16-8-5-10-22-16/h4-8,10,12H,9,11,13H2,1-3H3. The fourth-order valence-electron chi connectivity index (χ4n) is 2.14. The lowest BCUT2D eigenvalue weighted by atomic mass is 10.1. The molecule has 5 nitrogen and oxygen atoms in total. The van der Waals surface area contributed by atoms with Crippen LogP contribution in [0.15, 0.2) is 47.1 Å². The molecule has 0 spiro atoms. The molecule has 2 aromatic rings. The molecule has 1 heterocycles. The molecular weight excluding hydrogens is 280 g/mol. The van der Waals surface area contributed by atoms with Crippen molar-refractivity contribution >= 4 is 11.6 Å². The van der Waals surface area contributed by atoms with E-state index in [1.165, 1.54) is 0 Å². The predicted octanol–water partition coefficient (Wildman–Crippen LogP) is 2.63. The Morgan fingerprint density at radius 1 is 1.23 bits per heavy atom. The fraction of sp³-hybridized carbons (Fsp3) is 0.353. The van der Waals surface area contributed by atoms with Crippen LogP contribution in [0.2, 0.25) is 0 Å². The third kappa shape index (κ3) is 4.11. The molecule has 0 aliphatic heterocycles. The SMILES string of the molecule is COCCN(Cc1ccco1)C(=O)c1cccc(N(C)C)c1. The average molecular weight is 302 g/mol. The van der Waals surface area contributed by atoms with Crippen LogP contribution >= 0.6 is 0 Å². The molecule has 2 rings (SSSR count). The molecule has 1 aromatic carbocycles. The summed E-state index contributed by atoms with van der Waals surface area (Å²) in [5.74, 6) is 0.727. The van der Waals surface area contributed by atoms with Crippen LogP contribution in [0.5, 0.6) is 0 Å². The molecule has 0 saturated heterocycles. The van der Waals surface area contributed by atoms with Gasteiger partial charge in [-0.15, -0.1) is 0 Å². The zero-order valence-electron chi connectivity index (χ0n) is 13.3. The molecule has 0 unspecified atom stereocenters. The van der Waals surface area contributed by atoms with Crippen LogP contribution in [0.4, 0.5) is 5.69 Å². The molecule has 0 saturated carbocycles. The third-order valence-corrected chi connectivity index (χ3v) is 3.39.